The molecule has 0 amide bonds. The lowest BCUT2D eigenvalue weighted by Gasteiger charge is -2.28. The molecular formula is C21H36N4OS. The van der Waals surface area contributed by atoms with Gasteiger partial charge >= 0.3 is 0 Å². The summed E-state index contributed by atoms with van der Waals surface area (Å²) in [4.78, 5) is 7.18. The summed E-state index contributed by atoms with van der Waals surface area (Å²) in [5, 5.41) is 6.71. The number of benzene rings is 1. The molecule has 2 N–H and O–H groups in total. The van der Waals surface area contributed by atoms with Crippen molar-refractivity contribution in [2.24, 2.45) is 4.99 Å². The number of nitrogens with zero attached hydrogens (tertiary/aromatic N) is 2. The Kier molecular flexibility index (Phi) is 11.1. The summed E-state index contributed by atoms with van der Waals surface area (Å²) in [6.45, 7) is 10.7. The summed E-state index contributed by atoms with van der Waals surface area (Å²) in [5.41, 5.74) is 2.57. The van der Waals surface area contributed by atoms with E-state index in [1.807, 2.05) is 11.8 Å². The number of guanidine groups is 1. The molecule has 0 unspecified atom stereocenters. The molecule has 2 rings (SSSR count). The first-order valence-corrected chi connectivity index (χ1v) is 11.5. The molecule has 0 bridgehead atoms. The molecule has 5 nitrogen and oxygen atoms in total. The van der Waals surface area contributed by atoms with Crippen molar-refractivity contribution >= 4 is 23.4 Å². The number of anilines is 1. The Bertz CT molecular complexity index is 529. The fourth-order valence-corrected chi connectivity index (χ4v) is 3.78. The molecule has 0 spiro atoms. The van der Waals surface area contributed by atoms with Gasteiger partial charge in [0.2, 0.25) is 0 Å². The van der Waals surface area contributed by atoms with Crippen LogP contribution >= 0.6 is 11.8 Å². The number of thioether (sulfide) groups is 1. The van der Waals surface area contributed by atoms with Crippen molar-refractivity contribution in [2.75, 3.05) is 55.8 Å². The summed E-state index contributed by atoms with van der Waals surface area (Å²) in [6.07, 6.45) is 3.33. The highest BCUT2D eigenvalue weighted by Gasteiger charge is 2.10. The highest BCUT2D eigenvalue weighted by atomic mass is 32.2. The van der Waals surface area contributed by atoms with Gasteiger partial charge in [0.25, 0.3) is 0 Å². The lowest BCUT2D eigenvalue weighted by Crippen LogP contribution is -2.38. The third-order valence-electron chi connectivity index (χ3n) is 4.48. The van der Waals surface area contributed by atoms with Gasteiger partial charge in [0.05, 0.1) is 6.54 Å². The Morgan fingerprint density at radius 3 is 2.52 bits per heavy atom. The molecular weight excluding hydrogens is 356 g/mol. The number of hydrogen-bond acceptors (Lipinski definition) is 4. The van der Waals surface area contributed by atoms with Crippen LogP contribution in [0.4, 0.5) is 5.69 Å². The maximum absolute atomic E-state index is 5.60. The van der Waals surface area contributed by atoms with Crippen molar-refractivity contribution in [1.29, 1.82) is 0 Å². The summed E-state index contributed by atoms with van der Waals surface area (Å²) >= 11 is 2.04. The van der Waals surface area contributed by atoms with E-state index < -0.39 is 0 Å². The largest absolute Gasteiger partial charge is 0.381 e. The minimum atomic E-state index is 0.693. The van der Waals surface area contributed by atoms with Crippen molar-refractivity contribution in [3.8, 4) is 0 Å². The molecule has 27 heavy (non-hydrogen) atoms. The van der Waals surface area contributed by atoms with Crippen molar-refractivity contribution in [2.45, 2.75) is 39.7 Å². The molecule has 1 saturated heterocycles. The Hall–Kier alpha value is -1.40. The monoisotopic (exact) mass is 392 g/mol. The van der Waals surface area contributed by atoms with Crippen LogP contribution in [-0.4, -0.2) is 56.9 Å². The Morgan fingerprint density at radius 2 is 1.81 bits per heavy atom. The smallest absolute Gasteiger partial charge is 0.191 e. The second kappa shape index (κ2) is 13.7. The third-order valence-corrected chi connectivity index (χ3v) is 5.42. The minimum absolute atomic E-state index is 0.693. The van der Waals surface area contributed by atoms with Gasteiger partial charge in [-0.2, -0.15) is 11.8 Å². The summed E-state index contributed by atoms with van der Waals surface area (Å²) in [7, 11) is 0. The topological polar surface area (TPSA) is 48.9 Å². The Labute approximate surface area is 169 Å². The quantitative estimate of drug-likeness (QED) is 0.343. The number of rotatable bonds is 11. The molecule has 1 aromatic carbocycles. The number of ether oxygens (including phenoxy) is 1. The molecule has 0 saturated carbocycles. The van der Waals surface area contributed by atoms with Crippen molar-refractivity contribution in [3.05, 3.63) is 29.8 Å². The molecule has 1 aliphatic rings. The maximum atomic E-state index is 5.60. The lowest BCUT2D eigenvalue weighted by molar-refractivity contribution is 0.129. The first-order chi connectivity index (χ1) is 13.3. The van der Waals surface area contributed by atoms with E-state index in [4.69, 9.17) is 9.73 Å². The van der Waals surface area contributed by atoms with E-state index in [0.29, 0.717) is 6.54 Å². The van der Waals surface area contributed by atoms with Crippen molar-refractivity contribution < 1.29 is 4.74 Å². The summed E-state index contributed by atoms with van der Waals surface area (Å²) < 4.78 is 5.60. The van der Waals surface area contributed by atoms with E-state index in [1.54, 1.807) is 0 Å². The molecule has 0 aromatic heterocycles. The van der Waals surface area contributed by atoms with E-state index in [0.717, 1.165) is 58.2 Å². The number of aliphatic imine (C=N–C) groups is 1. The lowest BCUT2D eigenvalue weighted by atomic mass is 10.2. The second-order valence-corrected chi connectivity index (χ2v) is 7.93. The average Bonchev–Trinajstić information content (AvgIpc) is 2.72. The predicted molar refractivity (Wildman–Crippen MR) is 119 cm³/mol. The molecule has 6 heteroatoms. The van der Waals surface area contributed by atoms with Crippen LogP contribution in [0.3, 0.4) is 0 Å². The van der Waals surface area contributed by atoms with E-state index >= 15 is 0 Å². The molecule has 0 aliphatic carbocycles. The number of nitrogens with one attached hydrogen (secondary N) is 2. The molecule has 1 aromatic rings. The normalized spacial score (nSPS) is 15.0. The SMILES string of the molecule is CCCCOCCCNC(=NCc1ccc(N2CCSCC2)cc1)NCC. The predicted octanol–water partition coefficient (Wildman–Crippen LogP) is 3.50. The van der Waals surface area contributed by atoms with Crippen LogP contribution in [0.5, 0.6) is 0 Å². The Morgan fingerprint density at radius 1 is 1.07 bits per heavy atom. The standard InChI is InChI=1S/C21H36N4OS/c1-3-5-14-26-15-6-11-23-21(22-4-2)24-18-19-7-9-20(10-8-19)25-12-16-27-17-13-25/h7-10H,3-6,11-18H2,1-2H3,(H2,22,23,24). The van der Waals surface area contributed by atoms with Gasteiger partial charge in [-0.15, -0.1) is 0 Å². The zero-order valence-corrected chi connectivity index (χ0v) is 17.8. The molecule has 1 aliphatic heterocycles. The van der Waals surface area contributed by atoms with Gasteiger partial charge in [-0.25, -0.2) is 4.99 Å². The van der Waals surface area contributed by atoms with Crippen LogP contribution in [-0.2, 0) is 11.3 Å². The third kappa shape index (κ3) is 8.89. The first kappa shape index (κ1) is 21.9. The molecule has 0 radical (unpaired) electrons. The van der Waals surface area contributed by atoms with E-state index in [-0.39, 0.29) is 0 Å². The van der Waals surface area contributed by atoms with Crippen molar-refractivity contribution in [3.63, 3.8) is 0 Å². The van der Waals surface area contributed by atoms with Crippen LogP contribution in [0.25, 0.3) is 0 Å². The van der Waals surface area contributed by atoms with Gasteiger partial charge in [-0.05, 0) is 37.5 Å². The molecule has 152 valence electrons. The van der Waals surface area contributed by atoms with Crippen molar-refractivity contribution in [1.82, 2.24) is 10.6 Å². The number of unbranched alkanes of at least 4 members (excludes halogenated alkanes) is 1. The van der Waals surface area contributed by atoms with Gasteiger partial charge in [-0.1, -0.05) is 25.5 Å². The highest BCUT2D eigenvalue weighted by Crippen LogP contribution is 2.20. The van der Waals surface area contributed by atoms with Crippen LogP contribution < -0.4 is 15.5 Å². The highest BCUT2D eigenvalue weighted by molar-refractivity contribution is 7.99. The fourth-order valence-electron chi connectivity index (χ4n) is 2.88. The number of hydrogen-bond donors (Lipinski definition) is 2. The van der Waals surface area contributed by atoms with E-state index in [9.17, 15) is 0 Å². The first-order valence-electron chi connectivity index (χ1n) is 10.3. The second-order valence-electron chi connectivity index (χ2n) is 6.71. The Balaban J connectivity index is 1.74. The zero-order chi connectivity index (χ0) is 19.2. The van der Waals surface area contributed by atoms with Gasteiger partial charge in [0, 0.05) is 56.6 Å². The molecule has 0 atom stereocenters. The van der Waals surface area contributed by atoms with E-state index in [1.165, 1.54) is 29.2 Å². The van der Waals surface area contributed by atoms with Gasteiger partial charge in [-0.3, -0.25) is 0 Å². The van der Waals surface area contributed by atoms with Crippen LogP contribution in [0.2, 0.25) is 0 Å². The van der Waals surface area contributed by atoms with E-state index in [2.05, 4.69) is 53.6 Å². The molecule has 1 heterocycles. The maximum Gasteiger partial charge on any atom is 0.191 e. The average molecular weight is 393 g/mol. The molecule has 1 fully saturated rings. The van der Waals surface area contributed by atoms with Gasteiger partial charge < -0.3 is 20.3 Å². The summed E-state index contributed by atoms with van der Waals surface area (Å²) in [6, 6.07) is 8.86. The van der Waals surface area contributed by atoms with Crippen LogP contribution in [0.1, 0.15) is 38.7 Å². The minimum Gasteiger partial charge on any atom is -0.381 e. The summed E-state index contributed by atoms with van der Waals surface area (Å²) in [5.74, 6) is 3.34. The van der Waals surface area contributed by atoms with Gasteiger partial charge in [0.15, 0.2) is 5.96 Å². The fraction of sp³-hybridized carbons (Fsp3) is 0.667. The van der Waals surface area contributed by atoms with Crippen LogP contribution in [0, 0.1) is 0 Å². The van der Waals surface area contributed by atoms with Gasteiger partial charge in [0.1, 0.15) is 0 Å². The van der Waals surface area contributed by atoms with Crippen LogP contribution in [0.15, 0.2) is 29.3 Å². The zero-order valence-electron chi connectivity index (χ0n) is 17.0.